The van der Waals surface area contributed by atoms with E-state index in [2.05, 4.69) is 41.0 Å². The Morgan fingerprint density at radius 1 is 1.17 bits per heavy atom. The van der Waals surface area contributed by atoms with E-state index >= 15 is 0 Å². The van der Waals surface area contributed by atoms with Gasteiger partial charge in [0.15, 0.2) is 0 Å². The summed E-state index contributed by atoms with van der Waals surface area (Å²) in [5, 5.41) is 2.99. The Morgan fingerprint density at radius 2 is 1.78 bits per heavy atom. The Hall–Kier alpha value is -0.650. The van der Waals surface area contributed by atoms with Crippen molar-refractivity contribution in [1.82, 2.24) is 20.0 Å². The van der Waals surface area contributed by atoms with Crippen molar-refractivity contribution in [3.63, 3.8) is 0 Å². The first-order valence-corrected chi connectivity index (χ1v) is 6.98. The second kappa shape index (κ2) is 8.45. The zero-order valence-corrected chi connectivity index (χ0v) is 12.1. The minimum absolute atomic E-state index is 0.165. The normalized spacial score (nSPS) is 18.2. The maximum atomic E-state index is 11.7. The van der Waals surface area contributed by atoms with Crippen LogP contribution in [0.5, 0.6) is 0 Å². The number of nitrogens with one attached hydrogen (secondary N) is 1. The number of amides is 1. The highest BCUT2D eigenvalue weighted by Gasteiger charge is 2.17. The van der Waals surface area contributed by atoms with Crippen LogP contribution in [0.2, 0.25) is 0 Å². The van der Waals surface area contributed by atoms with E-state index in [-0.39, 0.29) is 5.91 Å². The molecule has 1 heterocycles. The minimum Gasteiger partial charge on any atom is -0.355 e. The predicted octanol–water partition coefficient (Wildman–Crippen LogP) is -0.308. The van der Waals surface area contributed by atoms with E-state index in [0.717, 1.165) is 52.2 Å². The molecule has 0 spiro atoms. The van der Waals surface area contributed by atoms with Gasteiger partial charge in [0.05, 0.1) is 6.54 Å². The van der Waals surface area contributed by atoms with Crippen LogP contribution in [0, 0.1) is 0 Å². The largest absolute Gasteiger partial charge is 0.355 e. The fourth-order valence-electron chi connectivity index (χ4n) is 2.15. The summed E-state index contributed by atoms with van der Waals surface area (Å²) in [5.74, 6) is 0.165. The zero-order chi connectivity index (χ0) is 13.4. The van der Waals surface area contributed by atoms with Crippen LogP contribution < -0.4 is 5.32 Å². The minimum atomic E-state index is 0.165. The molecular weight excluding hydrogens is 228 g/mol. The van der Waals surface area contributed by atoms with Gasteiger partial charge >= 0.3 is 0 Å². The highest BCUT2D eigenvalue weighted by molar-refractivity contribution is 5.77. The number of hydrogen-bond acceptors (Lipinski definition) is 4. The lowest BCUT2D eigenvalue weighted by atomic mass is 10.3. The molecule has 0 aromatic carbocycles. The Labute approximate surface area is 111 Å². The van der Waals surface area contributed by atoms with E-state index in [0.29, 0.717) is 6.54 Å². The molecule has 1 fully saturated rings. The third kappa shape index (κ3) is 6.33. The molecule has 1 N–H and O–H groups in total. The van der Waals surface area contributed by atoms with Crippen LogP contribution in [0.3, 0.4) is 0 Å². The Morgan fingerprint density at radius 3 is 2.33 bits per heavy atom. The van der Waals surface area contributed by atoms with Crippen LogP contribution in [0.15, 0.2) is 0 Å². The van der Waals surface area contributed by atoms with Gasteiger partial charge in [0, 0.05) is 32.7 Å². The second-order valence-corrected chi connectivity index (χ2v) is 5.22. The van der Waals surface area contributed by atoms with Gasteiger partial charge in [0.25, 0.3) is 0 Å². The Balaban J connectivity index is 2.06. The maximum absolute atomic E-state index is 11.7. The summed E-state index contributed by atoms with van der Waals surface area (Å²) in [4.78, 5) is 18.5. The van der Waals surface area contributed by atoms with Crippen molar-refractivity contribution in [2.24, 2.45) is 0 Å². The summed E-state index contributed by atoms with van der Waals surface area (Å²) in [6, 6.07) is 0. The molecule has 106 valence electrons. The number of carbonyl (C=O) groups excluding carboxylic acids is 1. The highest BCUT2D eigenvalue weighted by Crippen LogP contribution is 2.00. The van der Waals surface area contributed by atoms with Gasteiger partial charge in [-0.3, -0.25) is 9.69 Å². The van der Waals surface area contributed by atoms with Crippen molar-refractivity contribution in [2.45, 2.75) is 13.3 Å². The molecule has 0 aromatic rings. The van der Waals surface area contributed by atoms with Gasteiger partial charge in [0.2, 0.25) is 5.91 Å². The Kier molecular flexibility index (Phi) is 7.23. The van der Waals surface area contributed by atoms with Gasteiger partial charge in [-0.15, -0.1) is 0 Å². The van der Waals surface area contributed by atoms with Crippen LogP contribution in [-0.4, -0.2) is 87.1 Å². The molecule has 1 aliphatic rings. The molecule has 0 aromatic heterocycles. The molecule has 18 heavy (non-hydrogen) atoms. The lowest BCUT2D eigenvalue weighted by molar-refractivity contribution is -0.122. The summed E-state index contributed by atoms with van der Waals surface area (Å²) < 4.78 is 0. The number of hydrogen-bond donors (Lipinski definition) is 1. The second-order valence-electron chi connectivity index (χ2n) is 5.22. The number of likely N-dealkylation sites (N-methyl/N-ethyl adjacent to an activating group) is 1. The maximum Gasteiger partial charge on any atom is 0.234 e. The highest BCUT2D eigenvalue weighted by atomic mass is 16.2. The molecule has 0 aliphatic carbocycles. The number of piperazine rings is 1. The lowest BCUT2D eigenvalue weighted by Crippen LogP contribution is -2.49. The van der Waals surface area contributed by atoms with Crippen molar-refractivity contribution in [1.29, 1.82) is 0 Å². The van der Waals surface area contributed by atoms with Crippen molar-refractivity contribution < 1.29 is 4.79 Å². The van der Waals surface area contributed by atoms with Crippen molar-refractivity contribution in [3.05, 3.63) is 0 Å². The summed E-state index contributed by atoms with van der Waals surface area (Å²) in [7, 11) is 4.10. The summed E-state index contributed by atoms with van der Waals surface area (Å²) in [6.07, 6.45) is 1.02. The van der Waals surface area contributed by atoms with Crippen LogP contribution >= 0.6 is 0 Å². The molecule has 1 aliphatic heterocycles. The molecule has 0 bridgehead atoms. The van der Waals surface area contributed by atoms with Crippen LogP contribution in [0.25, 0.3) is 0 Å². The SMILES string of the molecule is CCN1CCN(CC(=O)NCCCN(C)C)CC1. The number of nitrogens with zero attached hydrogens (tertiary/aromatic N) is 3. The standard InChI is InChI=1S/C13H28N4O/c1-4-16-8-10-17(11-9-16)12-13(18)14-6-5-7-15(2)3/h4-12H2,1-3H3,(H,14,18). The van der Waals surface area contributed by atoms with E-state index in [1.54, 1.807) is 0 Å². The molecule has 1 saturated heterocycles. The Bertz CT molecular complexity index is 237. The van der Waals surface area contributed by atoms with Crippen molar-refractivity contribution in [3.8, 4) is 0 Å². The summed E-state index contributed by atoms with van der Waals surface area (Å²) in [6.45, 7) is 9.87. The fraction of sp³-hybridized carbons (Fsp3) is 0.923. The van der Waals surface area contributed by atoms with Crippen molar-refractivity contribution in [2.75, 3.05) is 66.5 Å². The first-order chi connectivity index (χ1) is 8.61. The molecule has 1 rings (SSSR count). The molecule has 5 nitrogen and oxygen atoms in total. The summed E-state index contributed by atoms with van der Waals surface area (Å²) in [5.41, 5.74) is 0. The van der Waals surface area contributed by atoms with E-state index in [1.165, 1.54) is 0 Å². The van der Waals surface area contributed by atoms with Gasteiger partial charge in [-0.25, -0.2) is 0 Å². The van der Waals surface area contributed by atoms with E-state index in [1.807, 2.05) is 0 Å². The van der Waals surface area contributed by atoms with Crippen LogP contribution in [0.4, 0.5) is 0 Å². The van der Waals surface area contributed by atoms with E-state index < -0.39 is 0 Å². The van der Waals surface area contributed by atoms with Crippen molar-refractivity contribution >= 4 is 5.91 Å². The monoisotopic (exact) mass is 256 g/mol. The number of rotatable bonds is 7. The lowest BCUT2D eigenvalue weighted by Gasteiger charge is -2.33. The van der Waals surface area contributed by atoms with Crippen LogP contribution in [-0.2, 0) is 4.79 Å². The topological polar surface area (TPSA) is 38.8 Å². The molecule has 0 atom stereocenters. The van der Waals surface area contributed by atoms with Gasteiger partial charge in [-0.05, 0) is 33.6 Å². The average molecular weight is 256 g/mol. The number of carbonyl (C=O) groups is 1. The third-order valence-corrected chi connectivity index (χ3v) is 3.38. The van der Waals surface area contributed by atoms with Gasteiger partial charge < -0.3 is 15.1 Å². The average Bonchev–Trinajstić information content (AvgIpc) is 2.35. The summed E-state index contributed by atoms with van der Waals surface area (Å²) >= 11 is 0. The molecule has 5 heteroatoms. The predicted molar refractivity (Wildman–Crippen MR) is 74.7 cm³/mol. The van der Waals surface area contributed by atoms with E-state index in [9.17, 15) is 4.79 Å². The molecule has 0 unspecified atom stereocenters. The first kappa shape index (κ1) is 15.4. The van der Waals surface area contributed by atoms with Gasteiger partial charge in [-0.2, -0.15) is 0 Å². The molecule has 0 radical (unpaired) electrons. The van der Waals surface area contributed by atoms with Crippen LogP contribution in [0.1, 0.15) is 13.3 Å². The van der Waals surface area contributed by atoms with E-state index in [4.69, 9.17) is 0 Å². The first-order valence-electron chi connectivity index (χ1n) is 6.98. The third-order valence-electron chi connectivity index (χ3n) is 3.38. The van der Waals surface area contributed by atoms with Gasteiger partial charge in [-0.1, -0.05) is 6.92 Å². The molecular formula is C13H28N4O. The fourth-order valence-corrected chi connectivity index (χ4v) is 2.15. The quantitative estimate of drug-likeness (QED) is 0.634. The zero-order valence-electron chi connectivity index (χ0n) is 12.1. The molecule has 0 saturated carbocycles. The smallest absolute Gasteiger partial charge is 0.234 e. The molecule has 1 amide bonds. The van der Waals surface area contributed by atoms with Gasteiger partial charge in [0.1, 0.15) is 0 Å².